The molecule has 1 aromatic rings. The number of nitrogens with two attached hydrogens (primary N) is 1. The maximum atomic E-state index is 12.3. The van der Waals surface area contributed by atoms with E-state index in [1.807, 2.05) is 6.92 Å². The van der Waals surface area contributed by atoms with Crippen molar-refractivity contribution in [1.29, 1.82) is 0 Å². The number of hydrogen-bond donors (Lipinski definition) is 2. The second-order valence-corrected chi connectivity index (χ2v) is 7.70. The van der Waals surface area contributed by atoms with E-state index in [9.17, 15) is 8.42 Å². The summed E-state index contributed by atoms with van der Waals surface area (Å²) in [5.41, 5.74) is 7.50. The summed E-state index contributed by atoms with van der Waals surface area (Å²) in [6.07, 6.45) is 3.44. The van der Waals surface area contributed by atoms with Gasteiger partial charge in [-0.1, -0.05) is 19.4 Å². The van der Waals surface area contributed by atoms with Crippen LogP contribution in [-0.4, -0.2) is 15.0 Å². The van der Waals surface area contributed by atoms with Crippen LogP contribution in [0.25, 0.3) is 0 Å². The first-order chi connectivity index (χ1) is 9.42. The highest BCUT2D eigenvalue weighted by molar-refractivity contribution is 7.89. The molecule has 1 aliphatic carbocycles. The second-order valence-electron chi connectivity index (χ2n) is 5.93. The van der Waals surface area contributed by atoms with Crippen molar-refractivity contribution in [2.45, 2.75) is 44.6 Å². The monoisotopic (exact) mass is 296 g/mol. The predicted octanol–water partition coefficient (Wildman–Crippen LogP) is 2.17. The standard InChI is InChI=1S/C15H24N2O2S/c1-11-3-4-13(7-11)10-17-20(18,19)15-6-5-14(9-16)12(2)8-15/h5-6,8,11,13,17H,3-4,7,9-10,16H2,1-2H3. The van der Waals surface area contributed by atoms with Crippen molar-refractivity contribution in [3.8, 4) is 0 Å². The minimum Gasteiger partial charge on any atom is -0.326 e. The van der Waals surface area contributed by atoms with E-state index in [1.54, 1.807) is 18.2 Å². The molecule has 0 amide bonds. The topological polar surface area (TPSA) is 72.2 Å². The van der Waals surface area contributed by atoms with Gasteiger partial charge in [-0.3, -0.25) is 0 Å². The molecule has 1 aliphatic rings. The molecular formula is C15H24N2O2S. The molecule has 1 saturated carbocycles. The van der Waals surface area contributed by atoms with E-state index in [-0.39, 0.29) is 0 Å². The third kappa shape index (κ3) is 3.59. The van der Waals surface area contributed by atoms with Gasteiger partial charge < -0.3 is 5.73 Å². The third-order valence-electron chi connectivity index (χ3n) is 4.21. The fourth-order valence-corrected chi connectivity index (χ4v) is 4.09. The van der Waals surface area contributed by atoms with Crippen molar-refractivity contribution in [3.63, 3.8) is 0 Å². The Kier molecular flexibility index (Phi) is 4.83. The van der Waals surface area contributed by atoms with Gasteiger partial charge in [0, 0.05) is 13.1 Å². The van der Waals surface area contributed by atoms with Crippen molar-refractivity contribution in [1.82, 2.24) is 4.72 Å². The number of aryl methyl sites for hydroxylation is 1. The lowest BCUT2D eigenvalue weighted by molar-refractivity contribution is 0.498. The molecule has 2 atom stereocenters. The Hall–Kier alpha value is -0.910. The van der Waals surface area contributed by atoms with Crippen molar-refractivity contribution in [3.05, 3.63) is 29.3 Å². The van der Waals surface area contributed by atoms with E-state index in [2.05, 4.69) is 11.6 Å². The summed E-state index contributed by atoms with van der Waals surface area (Å²) in [5.74, 6) is 1.19. The minimum absolute atomic E-state index is 0.332. The molecule has 0 heterocycles. The van der Waals surface area contributed by atoms with Gasteiger partial charge in [0.25, 0.3) is 0 Å². The molecule has 5 heteroatoms. The average molecular weight is 296 g/mol. The summed E-state index contributed by atoms with van der Waals surface area (Å²) in [6, 6.07) is 5.12. The quantitative estimate of drug-likeness (QED) is 0.874. The average Bonchev–Trinajstić information content (AvgIpc) is 2.82. The van der Waals surface area contributed by atoms with E-state index >= 15 is 0 Å². The molecule has 0 bridgehead atoms. The van der Waals surface area contributed by atoms with Gasteiger partial charge in [0.15, 0.2) is 0 Å². The van der Waals surface area contributed by atoms with E-state index in [0.717, 1.165) is 29.9 Å². The summed E-state index contributed by atoms with van der Waals surface area (Å²) < 4.78 is 27.3. The lowest BCUT2D eigenvalue weighted by Gasteiger charge is -2.13. The van der Waals surface area contributed by atoms with Crippen LogP contribution >= 0.6 is 0 Å². The first-order valence-corrected chi connectivity index (χ1v) is 8.70. The van der Waals surface area contributed by atoms with Crippen LogP contribution < -0.4 is 10.5 Å². The smallest absolute Gasteiger partial charge is 0.240 e. The first-order valence-electron chi connectivity index (χ1n) is 7.21. The number of nitrogens with one attached hydrogen (secondary N) is 1. The van der Waals surface area contributed by atoms with Gasteiger partial charge in [0.05, 0.1) is 4.90 Å². The number of sulfonamides is 1. The number of benzene rings is 1. The Bertz CT molecular complexity index is 569. The molecular weight excluding hydrogens is 272 g/mol. The molecule has 0 saturated heterocycles. The molecule has 0 radical (unpaired) electrons. The molecule has 1 aromatic carbocycles. The lowest BCUT2D eigenvalue weighted by Crippen LogP contribution is -2.28. The normalized spacial score (nSPS) is 23.1. The Labute approximate surface area is 121 Å². The maximum absolute atomic E-state index is 12.3. The zero-order valence-electron chi connectivity index (χ0n) is 12.2. The molecule has 4 nitrogen and oxygen atoms in total. The van der Waals surface area contributed by atoms with Crippen molar-refractivity contribution in [2.24, 2.45) is 17.6 Å². The molecule has 3 N–H and O–H groups in total. The zero-order chi connectivity index (χ0) is 14.8. The largest absolute Gasteiger partial charge is 0.326 e. The third-order valence-corrected chi connectivity index (χ3v) is 5.63. The Morgan fingerprint density at radius 1 is 1.35 bits per heavy atom. The van der Waals surface area contributed by atoms with E-state index in [1.165, 1.54) is 6.42 Å². The molecule has 0 spiro atoms. The van der Waals surface area contributed by atoms with Crippen LogP contribution in [-0.2, 0) is 16.6 Å². The van der Waals surface area contributed by atoms with Gasteiger partial charge in [-0.25, -0.2) is 13.1 Å². The molecule has 0 aliphatic heterocycles. The molecule has 2 unspecified atom stereocenters. The van der Waals surface area contributed by atoms with Gasteiger partial charge in [-0.05, 0) is 54.9 Å². The van der Waals surface area contributed by atoms with Gasteiger partial charge in [-0.2, -0.15) is 0 Å². The van der Waals surface area contributed by atoms with Crippen LogP contribution in [0.2, 0.25) is 0 Å². The molecule has 112 valence electrons. The lowest BCUT2D eigenvalue weighted by atomic mass is 10.1. The second kappa shape index (κ2) is 6.24. The highest BCUT2D eigenvalue weighted by Gasteiger charge is 2.23. The molecule has 1 fully saturated rings. The van der Waals surface area contributed by atoms with E-state index in [0.29, 0.717) is 23.9 Å². The first kappa shape index (κ1) is 15.5. The minimum atomic E-state index is -3.40. The highest BCUT2D eigenvalue weighted by Crippen LogP contribution is 2.30. The van der Waals surface area contributed by atoms with Crippen molar-refractivity contribution < 1.29 is 8.42 Å². The molecule has 2 rings (SSSR count). The van der Waals surface area contributed by atoms with Crippen LogP contribution in [0.5, 0.6) is 0 Å². The van der Waals surface area contributed by atoms with Crippen molar-refractivity contribution in [2.75, 3.05) is 6.54 Å². The van der Waals surface area contributed by atoms with Crippen LogP contribution in [0, 0.1) is 18.8 Å². The summed E-state index contributed by atoms with van der Waals surface area (Å²) in [6.45, 7) is 5.09. The van der Waals surface area contributed by atoms with Crippen LogP contribution in [0.1, 0.15) is 37.3 Å². The highest BCUT2D eigenvalue weighted by atomic mass is 32.2. The Morgan fingerprint density at radius 3 is 2.65 bits per heavy atom. The predicted molar refractivity (Wildman–Crippen MR) is 80.8 cm³/mol. The van der Waals surface area contributed by atoms with Crippen molar-refractivity contribution >= 4 is 10.0 Å². The SMILES string of the molecule is Cc1cc(S(=O)(=O)NCC2CCC(C)C2)ccc1CN. The summed E-state index contributed by atoms with van der Waals surface area (Å²) in [7, 11) is -3.40. The number of hydrogen-bond acceptors (Lipinski definition) is 3. The Morgan fingerprint density at radius 2 is 2.10 bits per heavy atom. The Balaban J connectivity index is 2.04. The summed E-state index contributed by atoms with van der Waals surface area (Å²) >= 11 is 0. The van der Waals surface area contributed by atoms with Crippen LogP contribution in [0.3, 0.4) is 0 Å². The van der Waals surface area contributed by atoms with Crippen LogP contribution in [0.4, 0.5) is 0 Å². The fourth-order valence-electron chi connectivity index (χ4n) is 2.89. The number of rotatable bonds is 5. The molecule has 0 aromatic heterocycles. The maximum Gasteiger partial charge on any atom is 0.240 e. The van der Waals surface area contributed by atoms with Gasteiger partial charge in [0.2, 0.25) is 10.0 Å². The van der Waals surface area contributed by atoms with Gasteiger partial charge in [0.1, 0.15) is 0 Å². The van der Waals surface area contributed by atoms with Crippen LogP contribution in [0.15, 0.2) is 23.1 Å². The molecule has 20 heavy (non-hydrogen) atoms. The van der Waals surface area contributed by atoms with E-state index in [4.69, 9.17) is 5.73 Å². The van der Waals surface area contributed by atoms with E-state index < -0.39 is 10.0 Å². The zero-order valence-corrected chi connectivity index (χ0v) is 13.0. The van der Waals surface area contributed by atoms with Gasteiger partial charge >= 0.3 is 0 Å². The fraction of sp³-hybridized carbons (Fsp3) is 0.600. The van der Waals surface area contributed by atoms with Gasteiger partial charge in [-0.15, -0.1) is 0 Å². The summed E-state index contributed by atoms with van der Waals surface area (Å²) in [4.78, 5) is 0.332. The summed E-state index contributed by atoms with van der Waals surface area (Å²) in [5, 5.41) is 0.